The second kappa shape index (κ2) is 4.97. The maximum atomic E-state index is 6.08. The molecule has 2 rings (SSSR count). The van der Waals surface area contributed by atoms with Crippen LogP contribution >= 0.6 is 23.1 Å². The van der Waals surface area contributed by atoms with Gasteiger partial charge in [-0.3, -0.25) is 0 Å². The number of thioether (sulfide) groups is 1. The molecule has 1 heterocycles. The lowest BCUT2D eigenvalue weighted by molar-refractivity contribution is 0.753. The van der Waals surface area contributed by atoms with Gasteiger partial charge in [-0.2, -0.15) is 11.8 Å². The van der Waals surface area contributed by atoms with Gasteiger partial charge in [0.05, 0.1) is 26.6 Å². The van der Waals surface area contributed by atoms with Crippen molar-refractivity contribution in [1.29, 1.82) is 0 Å². The Balaban J connectivity index is 2.25. The number of nitrogens with zero attached hydrogens (tertiary/aromatic N) is 1. The van der Waals surface area contributed by atoms with Gasteiger partial charge in [0.25, 0.3) is 0 Å². The number of rotatable bonds is 4. The standard InChI is InChI=1S/C13H19N3S2/c1-8-16-11-6-10(9(14)5-12(11)18-8)15-7-13(2,3)17-4/h5-6,15H,7,14H2,1-4H3. The van der Waals surface area contributed by atoms with Crippen molar-refractivity contribution >= 4 is 44.7 Å². The zero-order valence-corrected chi connectivity index (χ0v) is 12.8. The minimum atomic E-state index is 0.194. The second-order valence-electron chi connectivity index (χ2n) is 4.96. The normalized spacial score (nSPS) is 12.0. The highest BCUT2D eigenvalue weighted by molar-refractivity contribution is 7.99. The first-order valence-electron chi connectivity index (χ1n) is 5.87. The predicted octanol–water partition coefficient (Wildman–Crippen LogP) is 3.74. The van der Waals surface area contributed by atoms with Gasteiger partial charge in [0, 0.05) is 11.3 Å². The number of hydrogen-bond donors (Lipinski definition) is 2. The van der Waals surface area contributed by atoms with E-state index in [1.54, 1.807) is 11.3 Å². The Kier molecular flexibility index (Phi) is 3.73. The number of aryl methyl sites for hydroxylation is 1. The Bertz CT molecular complexity index is 561. The predicted molar refractivity (Wildman–Crippen MR) is 84.9 cm³/mol. The molecule has 0 unspecified atom stereocenters. The quantitative estimate of drug-likeness (QED) is 0.838. The minimum absolute atomic E-state index is 0.194. The van der Waals surface area contributed by atoms with Crippen LogP contribution in [0, 0.1) is 6.92 Å². The van der Waals surface area contributed by atoms with Crippen molar-refractivity contribution in [2.45, 2.75) is 25.5 Å². The molecule has 2 aromatic rings. The lowest BCUT2D eigenvalue weighted by atomic mass is 10.2. The number of benzene rings is 1. The third-order valence-corrected chi connectivity index (χ3v) is 5.11. The number of nitrogens with one attached hydrogen (secondary N) is 1. The molecular formula is C13H19N3S2. The molecule has 0 bridgehead atoms. The van der Waals surface area contributed by atoms with Gasteiger partial charge in [-0.15, -0.1) is 11.3 Å². The summed E-state index contributed by atoms with van der Waals surface area (Å²) in [5.74, 6) is 0. The Hall–Kier alpha value is -0.940. The largest absolute Gasteiger partial charge is 0.397 e. The van der Waals surface area contributed by atoms with Gasteiger partial charge in [-0.1, -0.05) is 0 Å². The summed E-state index contributed by atoms with van der Waals surface area (Å²) in [6.07, 6.45) is 2.12. The van der Waals surface area contributed by atoms with E-state index < -0.39 is 0 Å². The van der Waals surface area contributed by atoms with Crippen LogP contribution in [0.25, 0.3) is 10.2 Å². The molecule has 1 aromatic carbocycles. The van der Waals surface area contributed by atoms with E-state index in [1.807, 2.05) is 30.8 Å². The highest BCUT2D eigenvalue weighted by Crippen LogP contribution is 2.30. The van der Waals surface area contributed by atoms with E-state index in [9.17, 15) is 0 Å². The minimum Gasteiger partial charge on any atom is -0.397 e. The van der Waals surface area contributed by atoms with Crippen LogP contribution < -0.4 is 11.1 Å². The number of nitrogen functional groups attached to an aromatic ring is 1. The molecule has 0 saturated carbocycles. The lowest BCUT2D eigenvalue weighted by Gasteiger charge is -2.23. The van der Waals surface area contributed by atoms with Crippen LogP contribution in [0.4, 0.5) is 11.4 Å². The van der Waals surface area contributed by atoms with Crippen LogP contribution in [-0.2, 0) is 0 Å². The third-order valence-electron chi connectivity index (χ3n) is 2.92. The monoisotopic (exact) mass is 281 g/mol. The van der Waals surface area contributed by atoms with Gasteiger partial charge in [-0.05, 0) is 39.2 Å². The molecule has 0 radical (unpaired) electrons. The SMILES string of the molecule is CSC(C)(C)CNc1cc2nc(C)sc2cc1N. The Labute approximate surface area is 116 Å². The molecule has 3 N–H and O–H groups in total. The summed E-state index contributed by atoms with van der Waals surface area (Å²) in [5.41, 5.74) is 8.88. The molecule has 0 fully saturated rings. The fraction of sp³-hybridized carbons (Fsp3) is 0.462. The highest BCUT2D eigenvalue weighted by Gasteiger charge is 2.16. The van der Waals surface area contributed by atoms with E-state index in [1.165, 1.54) is 0 Å². The van der Waals surface area contributed by atoms with Gasteiger partial charge in [-0.25, -0.2) is 4.98 Å². The molecule has 0 saturated heterocycles. The van der Waals surface area contributed by atoms with Crippen molar-refractivity contribution < 1.29 is 0 Å². The van der Waals surface area contributed by atoms with Crippen LogP contribution in [0.3, 0.4) is 0 Å². The topological polar surface area (TPSA) is 50.9 Å². The highest BCUT2D eigenvalue weighted by atomic mass is 32.2. The number of anilines is 2. The van der Waals surface area contributed by atoms with Gasteiger partial charge in [0.15, 0.2) is 0 Å². The van der Waals surface area contributed by atoms with Crippen molar-refractivity contribution in [1.82, 2.24) is 4.98 Å². The van der Waals surface area contributed by atoms with Crippen molar-refractivity contribution in [3.05, 3.63) is 17.1 Å². The second-order valence-corrected chi connectivity index (χ2v) is 7.71. The molecule has 18 heavy (non-hydrogen) atoms. The Morgan fingerprint density at radius 2 is 2.17 bits per heavy atom. The first-order valence-corrected chi connectivity index (χ1v) is 7.91. The molecule has 0 aliphatic rings. The molecule has 0 aliphatic heterocycles. The summed E-state index contributed by atoms with van der Waals surface area (Å²) in [6, 6.07) is 4.05. The lowest BCUT2D eigenvalue weighted by Crippen LogP contribution is -2.26. The van der Waals surface area contributed by atoms with E-state index >= 15 is 0 Å². The van der Waals surface area contributed by atoms with Crippen molar-refractivity contribution in [2.75, 3.05) is 23.9 Å². The molecule has 0 amide bonds. The molecule has 3 nitrogen and oxygen atoms in total. The zero-order valence-electron chi connectivity index (χ0n) is 11.2. The maximum Gasteiger partial charge on any atom is 0.0907 e. The molecule has 0 spiro atoms. The fourth-order valence-electron chi connectivity index (χ4n) is 1.64. The van der Waals surface area contributed by atoms with E-state index in [-0.39, 0.29) is 4.75 Å². The van der Waals surface area contributed by atoms with Crippen LogP contribution in [0.15, 0.2) is 12.1 Å². The summed E-state index contributed by atoms with van der Waals surface area (Å²) < 4.78 is 1.35. The number of aromatic nitrogens is 1. The zero-order chi connectivity index (χ0) is 13.3. The Morgan fingerprint density at radius 1 is 1.44 bits per heavy atom. The Morgan fingerprint density at radius 3 is 2.83 bits per heavy atom. The first-order chi connectivity index (χ1) is 8.41. The number of fused-ring (bicyclic) bond motifs is 1. The number of hydrogen-bond acceptors (Lipinski definition) is 5. The molecule has 1 aromatic heterocycles. The molecule has 0 atom stereocenters. The maximum absolute atomic E-state index is 6.08. The van der Waals surface area contributed by atoms with Crippen LogP contribution in [0.1, 0.15) is 18.9 Å². The van der Waals surface area contributed by atoms with Gasteiger partial charge in [0.1, 0.15) is 0 Å². The van der Waals surface area contributed by atoms with E-state index in [2.05, 4.69) is 30.4 Å². The van der Waals surface area contributed by atoms with E-state index in [0.717, 1.165) is 33.1 Å². The van der Waals surface area contributed by atoms with Crippen LogP contribution in [0.5, 0.6) is 0 Å². The summed E-state index contributed by atoms with van der Waals surface area (Å²) in [6.45, 7) is 7.33. The average molecular weight is 281 g/mol. The van der Waals surface area contributed by atoms with Crippen molar-refractivity contribution in [3.63, 3.8) is 0 Å². The van der Waals surface area contributed by atoms with Crippen LogP contribution in [-0.4, -0.2) is 22.5 Å². The molecule has 98 valence electrons. The molecular weight excluding hydrogens is 262 g/mol. The molecule has 0 aliphatic carbocycles. The summed E-state index contributed by atoms with van der Waals surface area (Å²) in [5, 5.41) is 4.50. The summed E-state index contributed by atoms with van der Waals surface area (Å²) in [7, 11) is 0. The van der Waals surface area contributed by atoms with Gasteiger partial charge < -0.3 is 11.1 Å². The average Bonchev–Trinajstić information content (AvgIpc) is 2.65. The molecule has 5 heteroatoms. The number of thiazole rings is 1. The van der Waals surface area contributed by atoms with Crippen LogP contribution in [0.2, 0.25) is 0 Å². The smallest absolute Gasteiger partial charge is 0.0907 e. The van der Waals surface area contributed by atoms with Crippen molar-refractivity contribution in [3.8, 4) is 0 Å². The van der Waals surface area contributed by atoms with E-state index in [4.69, 9.17) is 5.73 Å². The summed E-state index contributed by atoms with van der Waals surface area (Å²) >= 11 is 3.52. The van der Waals surface area contributed by atoms with Crippen molar-refractivity contribution in [2.24, 2.45) is 0 Å². The first kappa shape index (κ1) is 13.5. The van der Waals surface area contributed by atoms with Gasteiger partial charge >= 0.3 is 0 Å². The van der Waals surface area contributed by atoms with E-state index in [0.29, 0.717) is 0 Å². The van der Waals surface area contributed by atoms with Gasteiger partial charge in [0.2, 0.25) is 0 Å². The third kappa shape index (κ3) is 2.90. The summed E-state index contributed by atoms with van der Waals surface area (Å²) in [4.78, 5) is 4.50. The fourth-order valence-corrected chi connectivity index (χ4v) is 2.71. The number of nitrogens with two attached hydrogens (primary N) is 1.